The van der Waals surface area contributed by atoms with Crippen LogP contribution in [0.5, 0.6) is 5.75 Å². The molecule has 0 unspecified atom stereocenters. The molecule has 0 saturated carbocycles. The van der Waals surface area contributed by atoms with Gasteiger partial charge in [0, 0.05) is 29.9 Å². The van der Waals surface area contributed by atoms with Crippen LogP contribution in [0.2, 0.25) is 0 Å². The summed E-state index contributed by atoms with van der Waals surface area (Å²) in [7, 11) is -4.70. The summed E-state index contributed by atoms with van der Waals surface area (Å²) in [6.45, 7) is 3.17. The summed E-state index contributed by atoms with van der Waals surface area (Å²) in [6, 6.07) is 4.23. The number of anilines is 1. The van der Waals surface area contributed by atoms with Crippen molar-refractivity contribution in [2.45, 2.75) is 79.7 Å². The fourth-order valence-electron chi connectivity index (χ4n) is 5.82. The normalized spacial score (nSPS) is 21.3. The van der Waals surface area contributed by atoms with Gasteiger partial charge in [-0.15, -0.1) is 0 Å². The van der Waals surface area contributed by atoms with Crippen LogP contribution in [0.3, 0.4) is 0 Å². The minimum absolute atomic E-state index is 0.249. The lowest BCUT2D eigenvalue weighted by Gasteiger charge is -2.42. The number of hydrogen-bond donors (Lipinski definition) is 3. The molecule has 47 heavy (non-hydrogen) atoms. The molecule has 1 amide bonds. The highest BCUT2D eigenvalue weighted by Gasteiger charge is 2.71. The second-order valence-electron chi connectivity index (χ2n) is 11.8. The standard InChI is InChI=1S/C30H28F7N3O6S/c1-27(2)26(42)25(21-15-38-12-11-23(21)46-27)39-24(41)14-19-7-3-16-13-17(28(43,29(32,33)34)30(35,36)37)4-10-22(16)40(19)47(44,45)20-8-5-18(31)6-9-20/h4-6,8-13,15,19,25-26,42-43H,3,7,14H2,1-2H3,(H,39,41)/t19-,25-,26+/m0/s1. The molecule has 2 aliphatic heterocycles. The van der Waals surface area contributed by atoms with Crippen LogP contribution < -0.4 is 14.4 Å². The van der Waals surface area contributed by atoms with Gasteiger partial charge in [0.05, 0.1) is 22.7 Å². The number of ether oxygens (including phenoxy) is 1. The molecule has 3 heterocycles. The Balaban J connectivity index is 1.54. The first-order valence-corrected chi connectivity index (χ1v) is 15.5. The number of carbonyl (C=O) groups is 1. The molecule has 254 valence electrons. The van der Waals surface area contributed by atoms with Gasteiger partial charge in [0.1, 0.15) is 23.3 Å². The molecule has 0 spiro atoms. The molecule has 0 aliphatic carbocycles. The number of aromatic nitrogens is 1. The summed E-state index contributed by atoms with van der Waals surface area (Å²) < 4.78 is 130. The molecule has 5 rings (SSSR count). The molecule has 17 heteroatoms. The number of alkyl halides is 6. The Bertz CT molecular complexity index is 1770. The van der Waals surface area contributed by atoms with Crippen molar-refractivity contribution in [2.24, 2.45) is 0 Å². The van der Waals surface area contributed by atoms with E-state index in [0.717, 1.165) is 24.3 Å². The predicted molar refractivity (Wildman–Crippen MR) is 151 cm³/mol. The fourth-order valence-corrected chi connectivity index (χ4v) is 7.54. The Morgan fingerprint density at radius 1 is 1.06 bits per heavy atom. The van der Waals surface area contributed by atoms with Crippen molar-refractivity contribution in [1.29, 1.82) is 0 Å². The summed E-state index contributed by atoms with van der Waals surface area (Å²) in [6.07, 6.45) is -11.9. The molecular weight excluding hydrogens is 663 g/mol. The van der Waals surface area contributed by atoms with Gasteiger partial charge in [-0.2, -0.15) is 26.3 Å². The van der Waals surface area contributed by atoms with Gasteiger partial charge < -0.3 is 20.3 Å². The van der Waals surface area contributed by atoms with E-state index in [1.165, 1.54) is 18.5 Å². The number of aliphatic hydroxyl groups is 2. The number of pyridine rings is 1. The number of carbonyl (C=O) groups excluding carboxylic acids is 1. The molecule has 0 saturated heterocycles. The molecule has 9 nitrogen and oxygen atoms in total. The van der Waals surface area contributed by atoms with E-state index in [1.807, 2.05) is 0 Å². The summed E-state index contributed by atoms with van der Waals surface area (Å²) in [5.41, 5.74) is -8.27. The molecular formula is C30H28F7N3O6S. The van der Waals surface area contributed by atoms with Crippen LogP contribution in [0.25, 0.3) is 0 Å². The van der Waals surface area contributed by atoms with Gasteiger partial charge in [-0.05, 0) is 68.7 Å². The van der Waals surface area contributed by atoms with E-state index < -0.39 is 80.4 Å². The second kappa shape index (κ2) is 11.6. The number of rotatable bonds is 6. The first-order chi connectivity index (χ1) is 21.7. The summed E-state index contributed by atoms with van der Waals surface area (Å²) in [4.78, 5) is 17.0. The maximum atomic E-state index is 13.9. The van der Waals surface area contributed by atoms with E-state index in [2.05, 4.69) is 10.3 Å². The highest BCUT2D eigenvalue weighted by molar-refractivity contribution is 7.92. The van der Waals surface area contributed by atoms with Crippen LogP contribution in [0.1, 0.15) is 49.4 Å². The Morgan fingerprint density at radius 3 is 2.32 bits per heavy atom. The largest absolute Gasteiger partial charge is 0.485 e. The first kappa shape index (κ1) is 34.4. The van der Waals surface area contributed by atoms with Crippen molar-refractivity contribution in [1.82, 2.24) is 10.3 Å². The van der Waals surface area contributed by atoms with Gasteiger partial charge >= 0.3 is 12.4 Å². The van der Waals surface area contributed by atoms with Crippen LogP contribution in [0, 0.1) is 5.82 Å². The van der Waals surface area contributed by atoms with Gasteiger partial charge in [0.2, 0.25) is 5.91 Å². The van der Waals surface area contributed by atoms with Crippen molar-refractivity contribution >= 4 is 21.6 Å². The lowest BCUT2D eigenvalue weighted by atomic mass is 9.86. The predicted octanol–water partition coefficient (Wildman–Crippen LogP) is 4.82. The van der Waals surface area contributed by atoms with Crippen molar-refractivity contribution in [2.75, 3.05) is 4.31 Å². The minimum Gasteiger partial charge on any atom is -0.485 e. The Labute approximate surface area is 264 Å². The van der Waals surface area contributed by atoms with E-state index >= 15 is 0 Å². The third-order valence-electron chi connectivity index (χ3n) is 8.29. The van der Waals surface area contributed by atoms with Crippen LogP contribution in [-0.4, -0.2) is 59.6 Å². The molecule has 0 bridgehead atoms. The van der Waals surface area contributed by atoms with Crippen molar-refractivity contribution in [3.05, 3.63) is 83.4 Å². The van der Waals surface area contributed by atoms with Crippen LogP contribution in [0.15, 0.2) is 65.8 Å². The number of nitrogens with one attached hydrogen (secondary N) is 1. The second-order valence-corrected chi connectivity index (χ2v) is 13.6. The number of aryl methyl sites for hydroxylation is 1. The average molecular weight is 692 g/mol. The lowest BCUT2D eigenvalue weighted by Crippen LogP contribution is -2.54. The SMILES string of the molecule is CC1(C)Oc2ccncc2[C@H](NC(=O)C[C@@H]2CCc3cc(C(O)(C(F)(F)F)C(F)(F)F)ccc3N2S(=O)(=O)c2ccc(F)cc2)[C@H]1O. The zero-order chi connectivity index (χ0) is 34.7. The first-order valence-electron chi connectivity index (χ1n) is 14.1. The maximum Gasteiger partial charge on any atom is 0.430 e. The Hall–Kier alpha value is -3.96. The van der Waals surface area contributed by atoms with Gasteiger partial charge in [-0.3, -0.25) is 14.1 Å². The molecule has 3 N–H and O–H groups in total. The third kappa shape index (κ3) is 5.99. The Morgan fingerprint density at radius 2 is 1.70 bits per heavy atom. The number of nitrogens with zero attached hydrogens (tertiary/aromatic N) is 2. The number of benzene rings is 2. The van der Waals surface area contributed by atoms with Crippen molar-refractivity contribution < 1.29 is 58.9 Å². The Kier molecular flexibility index (Phi) is 8.50. The van der Waals surface area contributed by atoms with Crippen LogP contribution >= 0.6 is 0 Å². The molecule has 0 radical (unpaired) electrons. The summed E-state index contributed by atoms with van der Waals surface area (Å²) in [5.74, 6) is -1.20. The van der Waals surface area contributed by atoms with Gasteiger partial charge in [-0.1, -0.05) is 12.1 Å². The molecule has 3 atom stereocenters. The number of sulfonamides is 1. The molecule has 2 aliphatic rings. The monoisotopic (exact) mass is 691 g/mol. The fraction of sp³-hybridized carbons (Fsp3) is 0.400. The maximum absolute atomic E-state index is 13.9. The molecule has 0 fully saturated rings. The average Bonchev–Trinajstić information content (AvgIpc) is 2.97. The lowest BCUT2D eigenvalue weighted by molar-refractivity contribution is -0.376. The van der Waals surface area contributed by atoms with E-state index in [9.17, 15) is 54.2 Å². The highest BCUT2D eigenvalue weighted by Crippen LogP contribution is 2.51. The summed E-state index contributed by atoms with van der Waals surface area (Å²) >= 11 is 0. The van der Waals surface area contributed by atoms with Gasteiger partial charge in [0.15, 0.2) is 0 Å². The van der Waals surface area contributed by atoms with Gasteiger partial charge in [-0.25, -0.2) is 12.8 Å². The number of hydrogen-bond acceptors (Lipinski definition) is 7. The number of amides is 1. The zero-order valence-electron chi connectivity index (χ0n) is 24.6. The van der Waals surface area contributed by atoms with E-state index in [1.54, 1.807) is 13.8 Å². The number of fused-ring (bicyclic) bond motifs is 2. The minimum atomic E-state index is -6.17. The van der Waals surface area contributed by atoms with Crippen molar-refractivity contribution in [3.63, 3.8) is 0 Å². The van der Waals surface area contributed by atoms with E-state index in [0.29, 0.717) is 33.8 Å². The molecule has 2 aromatic carbocycles. The van der Waals surface area contributed by atoms with E-state index in [-0.39, 0.29) is 24.1 Å². The molecule has 3 aromatic rings. The number of aliphatic hydroxyl groups excluding tert-OH is 1. The smallest absolute Gasteiger partial charge is 0.430 e. The topological polar surface area (TPSA) is 129 Å². The highest BCUT2D eigenvalue weighted by atomic mass is 32.2. The quantitative estimate of drug-likeness (QED) is 0.316. The zero-order valence-corrected chi connectivity index (χ0v) is 25.4. The third-order valence-corrected chi connectivity index (χ3v) is 10.2. The summed E-state index contributed by atoms with van der Waals surface area (Å²) in [5, 5.41) is 23.6. The van der Waals surface area contributed by atoms with E-state index in [4.69, 9.17) is 4.74 Å². The molecule has 1 aromatic heterocycles. The number of halogens is 7. The van der Waals surface area contributed by atoms with Gasteiger partial charge in [0.25, 0.3) is 15.6 Å². The van der Waals surface area contributed by atoms with Crippen LogP contribution in [0.4, 0.5) is 36.4 Å². The van der Waals surface area contributed by atoms with Crippen molar-refractivity contribution in [3.8, 4) is 5.75 Å². The van der Waals surface area contributed by atoms with Crippen LogP contribution in [-0.2, 0) is 26.8 Å².